The SMILES string of the molecule is Cc1cccc(NC(=O)c2cccc(N3C(N)=NC(N)=NC34CCCCC4)c2)c1. The molecule has 150 valence electrons. The van der Waals surface area contributed by atoms with Gasteiger partial charge in [0.2, 0.25) is 11.9 Å². The fraction of sp³-hybridized carbons (Fsp3) is 0.318. The first kappa shape index (κ1) is 19.0. The summed E-state index contributed by atoms with van der Waals surface area (Å²) in [6.07, 6.45) is 4.97. The van der Waals surface area contributed by atoms with Crippen molar-refractivity contribution in [1.29, 1.82) is 0 Å². The van der Waals surface area contributed by atoms with E-state index in [2.05, 4.69) is 15.3 Å². The van der Waals surface area contributed by atoms with E-state index in [0.29, 0.717) is 11.5 Å². The van der Waals surface area contributed by atoms with Gasteiger partial charge in [0.1, 0.15) is 5.66 Å². The first-order chi connectivity index (χ1) is 14.0. The Morgan fingerprint density at radius 1 is 1.07 bits per heavy atom. The average molecular weight is 390 g/mol. The van der Waals surface area contributed by atoms with E-state index in [9.17, 15) is 4.79 Å². The normalized spacial score (nSPS) is 18.2. The van der Waals surface area contributed by atoms with Crippen molar-refractivity contribution in [3.05, 3.63) is 59.7 Å². The number of rotatable bonds is 3. The molecule has 0 radical (unpaired) electrons. The van der Waals surface area contributed by atoms with Gasteiger partial charge in [-0.25, -0.2) is 4.99 Å². The number of amides is 1. The Hall–Kier alpha value is -3.35. The van der Waals surface area contributed by atoms with E-state index < -0.39 is 5.66 Å². The third-order valence-corrected chi connectivity index (χ3v) is 5.49. The number of nitrogens with zero attached hydrogens (tertiary/aromatic N) is 3. The van der Waals surface area contributed by atoms with Gasteiger partial charge in [0.05, 0.1) is 0 Å². The van der Waals surface area contributed by atoms with Crippen LogP contribution in [0.5, 0.6) is 0 Å². The highest BCUT2D eigenvalue weighted by Gasteiger charge is 2.42. The minimum Gasteiger partial charge on any atom is -0.369 e. The Balaban J connectivity index is 1.65. The van der Waals surface area contributed by atoms with E-state index in [1.54, 1.807) is 6.07 Å². The summed E-state index contributed by atoms with van der Waals surface area (Å²) in [7, 11) is 0. The van der Waals surface area contributed by atoms with Crippen molar-refractivity contribution in [3.8, 4) is 0 Å². The summed E-state index contributed by atoms with van der Waals surface area (Å²) >= 11 is 0. The molecule has 1 saturated carbocycles. The Morgan fingerprint density at radius 3 is 2.59 bits per heavy atom. The van der Waals surface area contributed by atoms with Crippen LogP contribution < -0.4 is 21.7 Å². The highest BCUT2D eigenvalue weighted by molar-refractivity contribution is 6.08. The number of hydrogen-bond donors (Lipinski definition) is 3. The van der Waals surface area contributed by atoms with Crippen molar-refractivity contribution in [2.24, 2.45) is 21.5 Å². The van der Waals surface area contributed by atoms with Crippen molar-refractivity contribution >= 4 is 29.2 Å². The summed E-state index contributed by atoms with van der Waals surface area (Å²) in [6, 6.07) is 15.1. The van der Waals surface area contributed by atoms with Crippen LogP contribution >= 0.6 is 0 Å². The standard InChI is InChI=1S/C22H26N6O/c1-15-7-5-9-17(13-15)25-19(29)16-8-6-10-18(14-16)28-21(24)26-20(23)27-22(28)11-3-2-4-12-22/h5-10,13-14H,2-4,11-12H2,1H3,(H,25,29)(H4,23,24,26,27). The number of anilines is 2. The number of benzene rings is 2. The molecular weight excluding hydrogens is 364 g/mol. The smallest absolute Gasteiger partial charge is 0.255 e. The molecule has 0 aromatic heterocycles. The van der Waals surface area contributed by atoms with Crippen LogP contribution in [0, 0.1) is 6.92 Å². The highest BCUT2D eigenvalue weighted by atomic mass is 16.1. The molecule has 1 fully saturated rings. The maximum Gasteiger partial charge on any atom is 0.255 e. The van der Waals surface area contributed by atoms with Gasteiger partial charge in [-0.2, -0.15) is 4.99 Å². The van der Waals surface area contributed by atoms with Crippen molar-refractivity contribution in [2.75, 3.05) is 10.2 Å². The number of carbonyl (C=O) groups is 1. The molecule has 0 saturated heterocycles. The largest absolute Gasteiger partial charge is 0.369 e. The molecule has 2 aromatic carbocycles. The summed E-state index contributed by atoms with van der Waals surface area (Å²) in [4.78, 5) is 23.6. The maximum absolute atomic E-state index is 12.8. The second-order valence-corrected chi connectivity index (χ2v) is 7.69. The Morgan fingerprint density at radius 2 is 1.83 bits per heavy atom. The van der Waals surface area contributed by atoms with Crippen LogP contribution in [0.4, 0.5) is 11.4 Å². The first-order valence-electron chi connectivity index (χ1n) is 9.95. The molecule has 29 heavy (non-hydrogen) atoms. The van der Waals surface area contributed by atoms with Crippen LogP contribution in [0.3, 0.4) is 0 Å². The van der Waals surface area contributed by atoms with Crippen molar-refractivity contribution in [1.82, 2.24) is 0 Å². The minimum absolute atomic E-state index is 0.175. The third-order valence-electron chi connectivity index (χ3n) is 5.49. The number of guanidine groups is 2. The first-order valence-corrected chi connectivity index (χ1v) is 9.95. The quantitative estimate of drug-likeness (QED) is 0.746. The van der Waals surface area contributed by atoms with Gasteiger partial charge in [-0.15, -0.1) is 0 Å². The van der Waals surface area contributed by atoms with Crippen LogP contribution in [-0.2, 0) is 0 Å². The number of carbonyl (C=O) groups excluding carboxylic acids is 1. The number of nitrogens with two attached hydrogens (primary N) is 2. The lowest BCUT2D eigenvalue weighted by molar-refractivity contribution is 0.102. The molecule has 1 aliphatic carbocycles. The average Bonchev–Trinajstić information content (AvgIpc) is 2.68. The molecule has 7 nitrogen and oxygen atoms in total. The zero-order valence-electron chi connectivity index (χ0n) is 16.6. The highest BCUT2D eigenvalue weighted by Crippen LogP contribution is 2.39. The van der Waals surface area contributed by atoms with Crippen LogP contribution in [-0.4, -0.2) is 23.5 Å². The van der Waals surface area contributed by atoms with Crippen LogP contribution in [0.15, 0.2) is 58.5 Å². The molecule has 1 amide bonds. The predicted octanol–water partition coefficient (Wildman–Crippen LogP) is 3.36. The molecule has 5 N–H and O–H groups in total. The molecular formula is C22H26N6O. The Bertz CT molecular complexity index is 990. The van der Waals surface area contributed by atoms with E-state index in [1.165, 1.54) is 6.42 Å². The molecule has 1 spiro atoms. The fourth-order valence-electron chi connectivity index (χ4n) is 4.21. The topological polar surface area (TPSA) is 109 Å². The van der Waals surface area contributed by atoms with Gasteiger partial charge in [0.25, 0.3) is 5.91 Å². The lowest BCUT2D eigenvalue weighted by atomic mass is 9.87. The molecule has 2 aromatic rings. The molecule has 0 bridgehead atoms. The fourth-order valence-corrected chi connectivity index (χ4v) is 4.21. The molecule has 2 aliphatic rings. The predicted molar refractivity (Wildman–Crippen MR) is 117 cm³/mol. The number of aliphatic imine (C=N–C) groups is 2. The van der Waals surface area contributed by atoms with Gasteiger partial charge < -0.3 is 16.8 Å². The van der Waals surface area contributed by atoms with Crippen LogP contribution in [0.1, 0.15) is 48.0 Å². The van der Waals surface area contributed by atoms with Crippen molar-refractivity contribution in [3.63, 3.8) is 0 Å². The summed E-state index contributed by atoms with van der Waals surface area (Å²) < 4.78 is 0. The van der Waals surface area contributed by atoms with Gasteiger partial charge in [0, 0.05) is 16.9 Å². The molecule has 0 atom stereocenters. The molecule has 7 heteroatoms. The second-order valence-electron chi connectivity index (χ2n) is 7.69. The summed E-state index contributed by atoms with van der Waals surface area (Å²) in [5.74, 6) is 0.357. The van der Waals surface area contributed by atoms with E-state index in [0.717, 1.165) is 42.6 Å². The number of hydrogen-bond acceptors (Lipinski definition) is 6. The summed E-state index contributed by atoms with van der Waals surface area (Å²) in [6.45, 7) is 1.99. The van der Waals surface area contributed by atoms with E-state index >= 15 is 0 Å². The van der Waals surface area contributed by atoms with Crippen LogP contribution in [0.2, 0.25) is 0 Å². The molecule has 0 unspecified atom stereocenters. The number of nitrogens with one attached hydrogen (secondary N) is 1. The number of aryl methyl sites for hydroxylation is 1. The Kier molecular flexibility index (Phi) is 4.96. The maximum atomic E-state index is 12.8. The van der Waals surface area contributed by atoms with E-state index in [-0.39, 0.29) is 11.9 Å². The Labute approximate surface area is 170 Å². The van der Waals surface area contributed by atoms with Gasteiger partial charge in [0.15, 0.2) is 0 Å². The lowest BCUT2D eigenvalue weighted by Crippen LogP contribution is -2.58. The molecule has 1 heterocycles. The molecule has 4 rings (SSSR count). The van der Waals surface area contributed by atoms with Crippen LogP contribution in [0.25, 0.3) is 0 Å². The van der Waals surface area contributed by atoms with Gasteiger partial charge in [-0.3, -0.25) is 9.69 Å². The monoisotopic (exact) mass is 390 g/mol. The zero-order valence-corrected chi connectivity index (χ0v) is 16.6. The van der Waals surface area contributed by atoms with Crippen molar-refractivity contribution < 1.29 is 4.79 Å². The minimum atomic E-state index is -0.528. The van der Waals surface area contributed by atoms with Gasteiger partial charge in [-0.1, -0.05) is 24.6 Å². The van der Waals surface area contributed by atoms with Crippen molar-refractivity contribution in [2.45, 2.75) is 44.7 Å². The zero-order chi connectivity index (χ0) is 20.4. The lowest BCUT2D eigenvalue weighted by Gasteiger charge is -2.45. The second kappa shape index (κ2) is 7.58. The van der Waals surface area contributed by atoms with Gasteiger partial charge in [-0.05, 0) is 68.5 Å². The van der Waals surface area contributed by atoms with E-state index in [1.807, 2.05) is 54.3 Å². The molecule has 1 aliphatic heterocycles. The third kappa shape index (κ3) is 3.81. The summed E-state index contributed by atoms with van der Waals surface area (Å²) in [5.41, 5.74) is 14.9. The van der Waals surface area contributed by atoms with E-state index in [4.69, 9.17) is 11.5 Å². The summed E-state index contributed by atoms with van der Waals surface area (Å²) in [5, 5.41) is 2.95. The van der Waals surface area contributed by atoms with Gasteiger partial charge >= 0.3 is 0 Å².